The summed E-state index contributed by atoms with van der Waals surface area (Å²) in [6, 6.07) is 10.6. The molecule has 2 aromatic carbocycles. The van der Waals surface area contributed by atoms with Gasteiger partial charge in [0.05, 0.1) is 5.02 Å². The van der Waals surface area contributed by atoms with Crippen LogP contribution < -0.4 is 0 Å². The summed E-state index contributed by atoms with van der Waals surface area (Å²) in [4.78, 5) is 0. The van der Waals surface area contributed by atoms with Gasteiger partial charge in [-0.2, -0.15) is 0 Å². The van der Waals surface area contributed by atoms with Gasteiger partial charge in [-0.3, -0.25) is 0 Å². The van der Waals surface area contributed by atoms with Crippen LogP contribution in [-0.2, 0) is 0 Å². The van der Waals surface area contributed by atoms with Crippen LogP contribution >= 0.6 is 11.6 Å². The topological polar surface area (TPSA) is 33.4 Å². The second-order valence-corrected chi connectivity index (χ2v) is 3.81. The molecule has 2 nitrogen and oxygen atoms in total. The van der Waals surface area contributed by atoms with Crippen molar-refractivity contribution in [3.8, 4) is 5.75 Å². The van der Waals surface area contributed by atoms with Crippen LogP contribution in [0.15, 0.2) is 40.8 Å². The fourth-order valence-corrected chi connectivity index (χ4v) is 1.97. The van der Waals surface area contributed by atoms with E-state index in [1.807, 2.05) is 12.1 Å². The molecule has 0 saturated heterocycles. The molecule has 0 aliphatic carbocycles. The molecule has 1 N–H and O–H groups in total. The van der Waals surface area contributed by atoms with Crippen LogP contribution in [0.1, 0.15) is 0 Å². The summed E-state index contributed by atoms with van der Waals surface area (Å²) in [5, 5.41) is 11.8. The van der Waals surface area contributed by atoms with Gasteiger partial charge in [0.25, 0.3) is 0 Å². The van der Waals surface area contributed by atoms with Crippen molar-refractivity contribution in [3.63, 3.8) is 0 Å². The largest absolute Gasteiger partial charge is 0.508 e. The molecule has 1 aromatic heterocycles. The number of phenols is 1. The van der Waals surface area contributed by atoms with E-state index in [2.05, 4.69) is 0 Å². The van der Waals surface area contributed by atoms with Gasteiger partial charge >= 0.3 is 0 Å². The van der Waals surface area contributed by atoms with Crippen LogP contribution in [0.2, 0.25) is 5.02 Å². The van der Waals surface area contributed by atoms with Crippen LogP contribution in [0.5, 0.6) is 5.75 Å². The van der Waals surface area contributed by atoms with E-state index in [-0.39, 0.29) is 5.75 Å². The number of para-hydroxylation sites is 1. The van der Waals surface area contributed by atoms with Gasteiger partial charge in [-0.1, -0.05) is 23.7 Å². The fourth-order valence-electron chi connectivity index (χ4n) is 1.75. The Bertz CT molecular complexity index is 655. The Morgan fingerprint density at radius 3 is 2.80 bits per heavy atom. The van der Waals surface area contributed by atoms with Crippen molar-refractivity contribution < 1.29 is 9.52 Å². The molecule has 0 spiro atoms. The maximum absolute atomic E-state index is 9.40. The normalized spacial score (nSPS) is 11.3. The van der Waals surface area contributed by atoms with E-state index in [0.717, 1.165) is 16.4 Å². The van der Waals surface area contributed by atoms with Crippen molar-refractivity contribution >= 4 is 33.5 Å². The second-order valence-electron chi connectivity index (χ2n) is 3.40. The Labute approximate surface area is 90.7 Å². The van der Waals surface area contributed by atoms with Crippen LogP contribution in [0, 0.1) is 0 Å². The lowest BCUT2D eigenvalue weighted by atomic mass is 10.1. The van der Waals surface area contributed by atoms with Gasteiger partial charge in [0, 0.05) is 10.8 Å². The van der Waals surface area contributed by atoms with Gasteiger partial charge in [-0.15, -0.1) is 0 Å². The molecule has 3 heteroatoms. The van der Waals surface area contributed by atoms with Gasteiger partial charge in [0.2, 0.25) is 0 Å². The highest BCUT2D eigenvalue weighted by molar-refractivity contribution is 6.35. The Hall–Kier alpha value is -1.67. The van der Waals surface area contributed by atoms with E-state index in [0.29, 0.717) is 10.6 Å². The summed E-state index contributed by atoms with van der Waals surface area (Å²) in [5.41, 5.74) is 1.40. The number of furan rings is 1. The van der Waals surface area contributed by atoms with Crippen molar-refractivity contribution in [1.82, 2.24) is 0 Å². The molecule has 1 heterocycles. The number of hydrogen-bond acceptors (Lipinski definition) is 2. The molecule has 0 amide bonds. The minimum atomic E-state index is 0.227. The molecule has 0 saturated carbocycles. The molecule has 15 heavy (non-hydrogen) atoms. The van der Waals surface area contributed by atoms with Crippen LogP contribution in [0.25, 0.3) is 21.9 Å². The lowest BCUT2D eigenvalue weighted by Gasteiger charge is -1.91. The van der Waals surface area contributed by atoms with E-state index in [4.69, 9.17) is 16.0 Å². The smallest absolute Gasteiger partial charge is 0.153 e. The molecule has 0 atom stereocenters. The molecular formula is C12H7ClO2. The first-order valence-corrected chi connectivity index (χ1v) is 4.93. The zero-order valence-electron chi connectivity index (χ0n) is 7.70. The lowest BCUT2D eigenvalue weighted by molar-refractivity contribution is 0.476. The third kappa shape index (κ3) is 1.18. The van der Waals surface area contributed by atoms with Crippen LogP contribution in [0.3, 0.4) is 0 Å². The van der Waals surface area contributed by atoms with E-state index in [9.17, 15) is 5.11 Å². The van der Waals surface area contributed by atoms with Crippen molar-refractivity contribution in [2.75, 3.05) is 0 Å². The Balaban J connectivity index is 2.58. The maximum atomic E-state index is 9.40. The highest BCUT2D eigenvalue weighted by Crippen LogP contribution is 2.34. The highest BCUT2D eigenvalue weighted by Gasteiger charge is 2.09. The molecule has 0 aliphatic rings. The number of phenolic OH excluding ortho intramolecular Hbond substituents is 1. The van der Waals surface area contributed by atoms with E-state index >= 15 is 0 Å². The first kappa shape index (κ1) is 8.62. The van der Waals surface area contributed by atoms with Crippen molar-refractivity contribution in [1.29, 1.82) is 0 Å². The van der Waals surface area contributed by atoms with Gasteiger partial charge in [0.15, 0.2) is 5.58 Å². The van der Waals surface area contributed by atoms with E-state index in [1.54, 1.807) is 24.3 Å². The number of hydrogen-bond donors (Lipinski definition) is 1. The van der Waals surface area contributed by atoms with Gasteiger partial charge < -0.3 is 9.52 Å². The summed E-state index contributed by atoms with van der Waals surface area (Å²) in [5.74, 6) is 0.227. The monoisotopic (exact) mass is 218 g/mol. The van der Waals surface area contributed by atoms with Crippen LogP contribution in [0.4, 0.5) is 0 Å². The molecule has 0 radical (unpaired) electrons. The zero-order chi connectivity index (χ0) is 10.4. The highest BCUT2D eigenvalue weighted by atomic mass is 35.5. The van der Waals surface area contributed by atoms with Crippen molar-refractivity contribution in [2.45, 2.75) is 0 Å². The summed E-state index contributed by atoms with van der Waals surface area (Å²) in [6.45, 7) is 0. The molecule has 0 bridgehead atoms. The second kappa shape index (κ2) is 2.91. The van der Waals surface area contributed by atoms with E-state index < -0.39 is 0 Å². The molecule has 74 valence electrons. The quantitative estimate of drug-likeness (QED) is 0.620. The SMILES string of the molecule is Oc1ccc2oc3c(Cl)cccc3c2c1. The first-order chi connectivity index (χ1) is 7.25. The summed E-state index contributed by atoms with van der Waals surface area (Å²) >= 11 is 6.01. The number of halogens is 1. The Kier molecular flexibility index (Phi) is 1.67. The number of rotatable bonds is 0. The van der Waals surface area contributed by atoms with Gasteiger partial charge in [-0.25, -0.2) is 0 Å². The van der Waals surface area contributed by atoms with Gasteiger partial charge in [0.1, 0.15) is 11.3 Å². The lowest BCUT2D eigenvalue weighted by Crippen LogP contribution is -1.67. The van der Waals surface area contributed by atoms with Crippen molar-refractivity contribution in [2.24, 2.45) is 0 Å². The molecule has 0 aliphatic heterocycles. The third-order valence-corrected chi connectivity index (χ3v) is 2.73. The van der Waals surface area contributed by atoms with E-state index in [1.165, 1.54) is 0 Å². The average Bonchev–Trinajstić information content (AvgIpc) is 2.58. The summed E-state index contributed by atoms with van der Waals surface area (Å²) < 4.78 is 5.60. The molecule has 0 fully saturated rings. The Morgan fingerprint density at radius 1 is 1.07 bits per heavy atom. The molecule has 0 unspecified atom stereocenters. The minimum absolute atomic E-state index is 0.227. The van der Waals surface area contributed by atoms with Gasteiger partial charge in [-0.05, 0) is 24.3 Å². The molecule has 3 aromatic rings. The number of fused-ring (bicyclic) bond motifs is 3. The number of aromatic hydroxyl groups is 1. The zero-order valence-corrected chi connectivity index (χ0v) is 8.45. The molecular weight excluding hydrogens is 212 g/mol. The maximum Gasteiger partial charge on any atom is 0.153 e. The first-order valence-electron chi connectivity index (χ1n) is 4.55. The van der Waals surface area contributed by atoms with Crippen molar-refractivity contribution in [3.05, 3.63) is 41.4 Å². The summed E-state index contributed by atoms with van der Waals surface area (Å²) in [7, 11) is 0. The third-order valence-electron chi connectivity index (χ3n) is 2.43. The predicted octanol–water partition coefficient (Wildman–Crippen LogP) is 3.95. The number of benzene rings is 2. The minimum Gasteiger partial charge on any atom is -0.508 e. The average molecular weight is 219 g/mol. The standard InChI is InChI=1S/C12H7ClO2/c13-10-3-1-2-8-9-6-7(14)4-5-11(9)15-12(8)10/h1-6,14H. The van der Waals surface area contributed by atoms with Crippen LogP contribution in [-0.4, -0.2) is 5.11 Å². The predicted molar refractivity (Wildman–Crippen MR) is 60.4 cm³/mol. The Morgan fingerprint density at radius 2 is 1.93 bits per heavy atom. The summed E-state index contributed by atoms with van der Waals surface area (Å²) in [6.07, 6.45) is 0. The molecule has 3 rings (SSSR count). The fraction of sp³-hybridized carbons (Fsp3) is 0.